The van der Waals surface area contributed by atoms with E-state index >= 15 is 0 Å². The first-order valence-electron chi connectivity index (χ1n) is 8.15. The maximum Gasteiger partial charge on any atom is 0.267 e. The zero-order chi connectivity index (χ0) is 16.9. The summed E-state index contributed by atoms with van der Waals surface area (Å²) >= 11 is 0. The summed E-state index contributed by atoms with van der Waals surface area (Å²) in [7, 11) is 0. The smallest absolute Gasteiger partial charge is 0.267 e. The lowest BCUT2D eigenvalue weighted by Gasteiger charge is -2.28. The minimum atomic E-state index is -0.0392. The monoisotopic (exact) mass is 324 g/mol. The molecular weight excluding hydrogens is 304 g/mol. The van der Waals surface area contributed by atoms with Crippen molar-refractivity contribution in [2.75, 3.05) is 19.7 Å². The second-order valence-corrected chi connectivity index (χ2v) is 5.78. The van der Waals surface area contributed by atoms with E-state index in [0.717, 1.165) is 37.3 Å². The van der Waals surface area contributed by atoms with Crippen LogP contribution in [0.2, 0.25) is 0 Å². The molecule has 0 radical (unpaired) electrons. The Morgan fingerprint density at radius 3 is 3.04 bits per heavy atom. The van der Waals surface area contributed by atoms with Crippen molar-refractivity contribution >= 4 is 0 Å². The van der Waals surface area contributed by atoms with Crippen molar-refractivity contribution in [2.45, 2.75) is 26.4 Å². The van der Waals surface area contributed by atoms with E-state index in [1.165, 1.54) is 4.68 Å². The number of ether oxygens (including phenoxy) is 1. The highest BCUT2D eigenvalue weighted by molar-refractivity contribution is 5.36. The van der Waals surface area contributed by atoms with Gasteiger partial charge in [-0.15, -0.1) is 0 Å². The third-order valence-electron chi connectivity index (χ3n) is 4.16. The van der Waals surface area contributed by atoms with Crippen LogP contribution in [0.5, 0.6) is 5.75 Å². The van der Waals surface area contributed by atoms with Gasteiger partial charge in [-0.1, -0.05) is 6.07 Å². The van der Waals surface area contributed by atoms with Crippen molar-refractivity contribution in [3.63, 3.8) is 0 Å². The van der Waals surface area contributed by atoms with Crippen molar-refractivity contribution in [3.8, 4) is 11.8 Å². The van der Waals surface area contributed by atoms with Crippen LogP contribution in [0.4, 0.5) is 0 Å². The van der Waals surface area contributed by atoms with E-state index in [1.807, 2.05) is 19.1 Å². The van der Waals surface area contributed by atoms with E-state index in [-0.39, 0.29) is 5.56 Å². The molecule has 24 heavy (non-hydrogen) atoms. The van der Waals surface area contributed by atoms with Gasteiger partial charge < -0.3 is 4.74 Å². The molecule has 6 heteroatoms. The molecule has 2 aromatic rings. The standard InChI is InChI=1S/C18H20N4O2/c1-2-22-18(23)11-15-13-21(7-6-17(15)20-22)8-9-24-16-5-3-4-14(10-16)12-19/h3-5,10-11H,2,6-9,13H2,1H3. The average molecular weight is 324 g/mol. The normalized spacial score (nSPS) is 14.0. The zero-order valence-corrected chi connectivity index (χ0v) is 13.7. The van der Waals surface area contributed by atoms with Gasteiger partial charge in [0.1, 0.15) is 12.4 Å². The predicted octanol–water partition coefficient (Wildman–Crippen LogP) is 1.57. The molecule has 0 amide bonds. The number of benzene rings is 1. The Morgan fingerprint density at radius 1 is 1.38 bits per heavy atom. The van der Waals surface area contributed by atoms with Crippen LogP contribution in [0.1, 0.15) is 23.7 Å². The maximum atomic E-state index is 11.9. The summed E-state index contributed by atoms with van der Waals surface area (Å²) in [5.74, 6) is 0.707. The molecule has 1 aromatic carbocycles. The van der Waals surface area contributed by atoms with Crippen molar-refractivity contribution in [1.82, 2.24) is 14.7 Å². The molecule has 0 saturated heterocycles. The first-order valence-corrected chi connectivity index (χ1v) is 8.15. The van der Waals surface area contributed by atoms with Gasteiger partial charge in [0.25, 0.3) is 5.56 Å². The Bertz CT molecular complexity index is 822. The van der Waals surface area contributed by atoms with Crippen LogP contribution in [0.25, 0.3) is 0 Å². The molecule has 0 unspecified atom stereocenters. The second kappa shape index (κ2) is 7.28. The highest BCUT2D eigenvalue weighted by Gasteiger charge is 2.18. The summed E-state index contributed by atoms with van der Waals surface area (Å²) in [6.07, 6.45) is 0.847. The summed E-state index contributed by atoms with van der Waals surface area (Å²) in [4.78, 5) is 14.2. The summed E-state index contributed by atoms with van der Waals surface area (Å²) in [6, 6.07) is 11.0. The number of hydrogen-bond acceptors (Lipinski definition) is 5. The molecule has 0 atom stereocenters. The quantitative estimate of drug-likeness (QED) is 0.835. The molecule has 124 valence electrons. The number of nitriles is 1. The van der Waals surface area contributed by atoms with E-state index in [9.17, 15) is 4.79 Å². The Morgan fingerprint density at radius 2 is 2.25 bits per heavy atom. The minimum Gasteiger partial charge on any atom is -0.492 e. The van der Waals surface area contributed by atoms with Crippen LogP contribution in [0.3, 0.4) is 0 Å². The number of hydrogen-bond donors (Lipinski definition) is 0. The summed E-state index contributed by atoms with van der Waals surface area (Å²) in [5, 5.41) is 13.3. The van der Waals surface area contributed by atoms with Crippen molar-refractivity contribution < 1.29 is 4.74 Å². The molecule has 1 aliphatic heterocycles. The number of aromatic nitrogens is 2. The summed E-state index contributed by atoms with van der Waals surface area (Å²) < 4.78 is 7.24. The van der Waals surface area contributed by atoms with Crippen molar-refractivity contribution in [1.29, 1.82) is 5.26 Å². The van der Waals surface area contributed by atoms with E-state index < -0.39 is 0 Å². The van der Waals surface area contributed by atoms with Gasteiger partial charge in [-0.3, -0.25) is 9.69 Å². The SMILES string of the molecule is CCn1nc2c(cc1=O)CN(CCOc1cccc(C#N)c1)CC2. The van der Waals surface area contributed by atoms with E-state index in [4.69, 9.17) is 10.00 Å². The van der Waals surface area contributed by atoms with Crippen LogP contribution in [-0.2, 0) is 19.5 Å². The Hall–Kier alpha value is -2.65. The first-order chi connectivity index (χ1) is 11.7. The molecule has 0 N–H and O–H groups in total. The predicted molar refractivity (Wildman–Crippen MR) is 89.8 cm³/mol. The van der Waals surface area contributed by atoms with Crippen molar-refractivity contribution in [2.24, 2.45) is 0 Å². The molecule has 2 heterocycles. The lowest BCUT2D eigenvalue weighted by atomic mass is 10.1. The summed E-state index contributed by atoms with van der Waals surface area (Å²) in [6.45, 7) is 5.48. The third kappa shape index (κ3) is 3.63. The van der Waals surface area contributed by atoms with Gasteiger partial charge >= 0.3 is 0 Å². The van der Waals surface area contributed by atoms with Gasteiger partial charge in [0.2, 0.25) is 0 Å². The van der Waals surface area contributed by atoms with Gasteiger partial charge in [-0.2, -0.15) is 10.4 Å². The van der Waals surface area contributed by atoms with Crippen LogP contribution in [-0.4, -0.2) is 34.4 Å². The topological polar surface area (TPSA) is 71.2 Å². The zero-order valence-electron chi connectivity index (χ0n) is 13.7. The van der Waals surface area contributed by atoms with Gasteiger partial charge in [0.15, 0.2) is 0 Å². The molecule has 3 rings (SSSR count). The number of rotatable bonds is 5. The Balaban J connectivity index is 1.57. The third-order valence-corrected chi connectivity index (χ3v) is 4.16. The van der Waals surface area contributed by atoms with Crippen LogP contribution in [0, 0.1) is 11.3 Å². The van der Waals surface area contributed by atoms with Crippen molar-refractivity contribution in [3.05, 3.63) is 57.5 Å². The van der Waals surface area contributed by atoms with Crippen LogP contribution < -0.4 is 10.3 Å². The molecular formula is C18H20N4O2. The van der Waals surface area contributed by atoms with Gasteiger partial charge in [-0.05, 0) is 30.7 Å². The Kier molecular flexibility index (Phi) is 4.92. The van der Waals surface area contributed by atoms with Gasteiger partial charge in [0, 0.05) is 38.7 Å². The van der Waals surface area contributed by atoms with E-state index in [1.54, 1.807) is 18.2 Å². The van der Waals surface area contributed by atoms with Gasteiger partial charge in [-0.25, -0.2) is 4.68 Å². The van der Waals surface area contributed by atoms with Gasteiger partial charge in [0.05, 0.1) is 17.3 Å². The first kappa shape index (κ1) is 16.2. The Labute approximate surface area is 140 Å². The largest absolute Gasteiger partial charge is 0.492 e. The molecule has 6 nitrogen and oxygen atoms in total. The number of nitrogens with zero attached hydrogens (tertiary/aromatic N) is 4. The highest BCUT2D eigenvalue weighted by Crippen LogP contribution is 2.16. The lowest BCUT2D eigenvalue weighted by molar-refractivity contribution is 0.194. The molecule has 1 aliphatic rings. The molecule has 0 aliphatic carbocycles. The number of aryl methyl sites for hydroxylation is 1. The van der Waals surface area contributed by atoms with E-state index in [0.29, 0.717) is 24.5 Å². The average Bonchev–Trinajstić information content (AvgIpc) is 2.61. The van der Waals surface area contributed by atoms with Crippen LogP contribution in [0.15, 0.2) is 35.1 Å². The molecule has 0 saturated carbocycles. The maximum absolute atomic E-state index is 11.9. The lowest BCUT2D eigenvalue weighted by Crippen LogP contribution is -2.36. The van der Waals surface area contributed by atoms with Crippen LogP contribution >= 0.6 is 0 Å². The minimum absolute atomic E-state index is 0.0392. The fourth-order valence-electron chi connectivity index (χ4n) is 2.86. The fraction of sp³-hybridized carbons (Fsp3) is 0.389. The molecule has 0 spiro atoms. The fourth-order valence-corrected chi connectivity index (χ4v) is 2.86. The second-order valence-electron chi connectivity index (χ2n) is 5.78. The summed E-state index contributed by atoms with van der Waals surface area (Å²) in [5.41, 5.74) is 2.60. The molecule has 0 fully saturated rings. The van der Waals surface area contributed by atoms with E-state index in [2.05, 4.69) is 16.1 Å². The molecule has 0 bridgehead atoms. The number of fused-ring (bicyclic) bond motifs is 1. The molecule has 1 aromatic heterocycles. The highest BCUT2D eigenvalue weighted by atomic mass is 16.5.